The lowest BCUT2D eigenvalue weighted by Crippen LogP contribution is -2.29. The Balaban J connectivity index is 2.17. The van der Waals surface area contributed by atoms with Crippen molar-refractivity contribution in [3.05, 3.63) is 23.8 Å². The van der Waals surface area contributed by atoms with Gasteiger partial charge in [-0.3, -0.25) is 0 Å². The summed E-state index contributed by atoms with van der Waals surface area (Å²) >= 11 is 0. The van der Waals surface area contributed by atoms with Crippen LogP contribution in [-0.4, -0.2) is 20.0 Å². The van der Waals surface area contributed by atoms with Gasteiger partial charge in [-0.2, -0.15) is 0 Å². The highest BCUT2D eigenvalue weighted by Crippen LogP contribution is 2.67. The summed E-state index contributed by atoms with van der Waals surface area (Å²) in [4.78, 5) is 11.4. The lowest BCUT2D eigenvalue weighted by Gasteiger charge is -2.27. The van der Waals surface area contributed by atoms with Crippen molar-refractivity contribution < 1.29 is 14.3 Å². The van der Waals surface area contributed by atoms with Crippen molar-refractivity contribution in [1.29, 1.82) is 0 Å². The molecule has 1 aliphatic carbocycles. The minimum Gasteiger partial charge on any atom is -0.497 e. The Bertz CT molecular complexity index is 468. The summed E-state index contributed by atoms with van der Waals surface area (Å²) in [6, 6.07) is 5.67. The molecular formula is C13H14O3. The van der Waals surface area contributed by atoms with Crippen LogP contribution in [-0.2, 0) is 10.2 Å². The van der Waals surface area contributed by atoms with Gasteiger partial charge in [0.15, 0.2) is 0 Å². The van der Waals surface area contributed by atoms with Gasteiger partial charge in [0.2, 0.25) is 0 Å². The SMILES string of the molecule is COc1ccc2c(c1)C1(C=O)CC1(C)CO2. The standard InChI is InChI=1S/C13H14O3/c1-12-6-13(12,7-14)10-5-9(15-2)3-4-11(10)16-8-12/h3-5,7H,6,8H2,1-2H3. The molecule has 0 aromatic heterocycles. The van der Waals surface area contributed by atoms with Gasteiger partial charge in [-0.05, 0) is 24.6 Å². The van der Waals surface area contributed by atoms with Crippen molar-refractivity contribution >= 4 is 6.29 Å². The second-order valence-corrected chi connectivity index (χ2v) is 4.98. The first-order chi connectivity index (χ1) is 7.65. The summed E-state index contributed by atoms with van der Waals surface area (Å²) in [5.41, 5.74) is 0.624. The van der Waals surface area contributed by atoms with Crippen LogP contribution in [0.2, 0.25) is 0 Å². The molecule has 2 atom stereocenters. The molecule has 1 saturated carbocycles. The normalized spacial score (nSPS) is 34.4. The summed E-state index contributed by atoms with van der Waals surface area (Å²) < 4.78 is 10.9. The Morgan fingerprint density at radius 1 is 1.50 bits per heavy atom. The van der Waals surface area contributed by atoms with Crippen molar-refractivity contribution in [2.24, 2.45) is 5.41 Å². The van der Waals surface area contributed by atoms with E-state index in [1.165, 1.54) is 0 Å². The van der Waals surface area contributed by atoms with Crippen LogP contribution in [0.3, 0.4) is 0 Å². The van der Waals surface area contributed by atoms with E-state index in [9.17, 15) is 4.79 Å². The molecule has 1 aliphatic heterocycles. The molecule has 0 N–H and O–H groups in total. The zero-order valence-electron chi connectivity index (χ0n) is 9.45. The zero-order chi connectivity index (χ0) is 11.4. The monoisotopic (exact) mass is 218 g/mol. The number of carbonyl (C=O) groups excluding carboxylic acids is 1. The molecule has 1 aromatic carbocycles. The third-order valence-electron chi connectivity index (χ3n) is 4.04. The number of aldehydes is 1. The number of carbonyl (C=O) groups is 1. The molecule has 3 heteroatoms. The van der Waals surface area contributed by atoms with E-state index in [0.717, 1.165) is 29.8 Å². The van der Waals surface area contributed by atoms with Gasteiger partial charge in [0.05, 0.1) is 19.1 Å². The van der Waals surface area contributed by atoms with Gasteiger partial charge in [-0.1, -0.05) is 6.92 Å². The maximum absolute atomic E-state index is 11.4. The molecule has 3 rings (SSSR count). The van der Waals surface area contributed by atoms with Crippen LogP contribution in [0.4, 0.5) is 0 Å². The minimum absolute atomic E-state index is 0.0197. The number of fused-ring (bicyclic) bond motifs is 3. The molecule has 1 aromatic rings. The molecular weight excluding hydrogens is 204 g/mol. The fourth-order valence-corrected chi connectivity index (χ4v) is 2.77. The first-order valence-electron chi connectivity index (χ1n) is 5.43. The fraction of sp³-hybridized carbons (Fsp3) is 0.462. The summed E-state index contributed by atoms with van der Waals surface area (Å²) in [6.45, 7) is 2.73. The van der Waals surface area contributed by atoms with E-state index in [1.54, 1.807) is 7.11 Å². The summed E-state index contributed by atoms with van der Waals surface area (Å²) in [6.07, 6.45) is 1.96. The molecule has 0 radical (unpaired) electrons. The van der Waals surface area contributed by atoms with E-state index in [1.807, 2.05) is 18.2 Å². The third-order valence-corrected chi connectivity index (χ3v) is 4.04. The summed E-state index contributed by atoms with van der Waals surface area (Å²) in [5.74, 6) is 1.60. The van der Waals surface area contributed by atoms with Gasteiger partial charge in [0, 0.05) is 11.0 Å². The molecule has 84 valence electrons. The highest BCUT2D eigenvalue weighted by Gasteiger charge is 2.68. The van der Waals surface area contributed by atoms with Gasteiger partial charge in [-0.15, -0.1) is 0 Å². The van der Waals surface area contributed by atoms with Crippen LogP contribution in [0.25, 0.3) is 0 Å². The first-order valence-corrected chi connectivity index (χ1v) is 5.43. The van der Waals surface area contributed by atoms with E-state index >= 15 is 0 Å². The second kappa shape index (κ2) is 2.78. The average Bonchev–Trinajstić information content (AvgIpc) is 2.96. The van der Waals surface area contributed by atoms with Crippen LogP contribution in [0, 0.1) is 5.41 Å². The molecule has 0 spiro atoms. The topological polar surface area (TPSA) is 35.5 Å². The minimum atomic E-state index is -0.338. The average molecular weight is 218 g/mol. The Hall–Kier alpha value is -1.51. The highest BCUT2D eigenvalue weighted by molar-refractivity contribution is 5.79. The highest BCUT2D eigenvalue weighted by atomic mass is 16.5. The number of benzene rings is 1. The molecule has 3 nitrogen and oxygen atoms in total. The van der Waals surface area contributed by atoms with Gasteiger partial charge >= 0.3 is 0 Å². The van der Waals surface area contributed by atoms with Crippen LogP contribution < -0.4 is 9.47 Å². The quantitative estimate of drug-likeness (QED) is 0.711. The van der Waals surface area contributed by atoms with Crippen molar-refractivity contribution in [3.8, 4) is 11.5 Å². The van der Waals surface area contributed by atoms with Crippen LogP contribution >= 0.6 is 0 Å². The van der Waals surface area contributed by atoms with Crippen LogP contribution in [0.15, 0.2) is 18.2 Å². The molecule has 0 bridgehead atoms. The largest absolute Gasteiger partial charge is 0.497 e. The molecule has 16 heavy (non-hydrogen) atoms. The van der Waals surface area contributed by atoms with Crippen molar-refractivity contribution in [2.45, 2.75) is 18.8 Å². The van der Waals surface area contributed by atoms with Gasteiger partial charge in [0.1, 0.15) is 17.8 Å². The lowest BCUT2D eigenvalue weighted by molar-refractivity contribution is -0.111. The second-order valence-electron chi connectivity index (χ2n) is 4.98. The van der Waals surface area contributed by atoms with E-state index in [2.05, 4.69) is 6.92 Å². The number of rotatable bonds is 2. The molecule has 2 unspecified atom stereocenters. The molecule has 0 saturated heterocycles. The van der Waals surface area contributed by atoms with Crippen molar-refractivity contribution in [2.75, 3.05) is 13.7 Å². The van der Waals surface area contributed by atoms with Crippen molar-refractivity contribution in [3.63, 3.8) is 0 Å². The Kier molecular flexibility index (Phi) is 1.69. The van der Waals surface area contributed by atoms with Crippen molar-refractivity contribution in [1.82, 2.24) is 0 Å². The molecule has 0 amide bonds. The fourth-order valence-electron chi connectivity index (χ4n) is 2.77. The van der Waals surface area contributed by atoms with Crippen LogP contribution in [0.5, 0.6) is 11.5 Å². The van der Waals surface area contributed by atoms with Gasteiger partial charge in [-0.25, -0.2) is 0 Å². The predicted molar refractivity (Wildman–Crippen MR) is 59.0 cm³/mol. The maximum Gasteiger partial charge on any atom is 0.131 e. The summed E-state index contributed by atoms with van der Waals surface area (Å²) in [5, 5.41) is 0. The maximum atomic E-state index is 11.4. The smallest absolute Gasteiger partial charge is 0.131 e. The first kappa shape index (κ1) is 9.70. The van der Waals surface area contributed by atoms with Gasteiger partial charge < -0.3 is 14.3 Å². The molecule has 1 fully saturated rings. The number of ether oxygens (including phenoxy) is 2. The number of hydrogen-bond acceptors (Lipinski definition) is 3. The molecule has 2 aliphatic rings. The van der Waals surface area contributed by atoms with E-state index in [0.29, 0.717) is 6.61 Å². The van der Waals surface area contributed by atoms with E-state index in [4.69, 9.17) is 9.47 Å². The van der Waals surface area contributed by atoms with Crippen LogP contribution in [0.1, 0.15) is 18.9 Å². The van der Waals surface area contributed by atoms with E-state index < -0.39 is 0 Å². The molecule has 1 heterocycles. The Labute approximate surface area is 94.4 Å². The summed E-state index contributed by atoms with van der Waals surface area (Å²) in [7, 11) is 1.63. The Morgan fingerprint density at radius 2 is 2.31 bits per heavy atom. The lowest BCUT2D eigenvalue weighted by atomic mass is 9.86. The van der Waals surface area contributed by atoms with Gasteiger partial charge in [0.25, 0.3) is 0 Å². The third kappa shape index (κ3) is 0.958. The zero-order valence-corrected chi connectivity index (χ0v) is 9.45. The number of methoxy groups -OCH3 is 1. The Morgan fingerprint density at radius 3 is 3.00 bits per heavy atom. The van der Waals surface area contributed by atoms with E-state index in [-0.39, 0.29) is 10.8 Å². The number of hydrogen-bond donors (Lipinski definition) is 0. The predicted octanol–water partition coefficient (Wildman–Crippen LogP) is 1.93.